The number of carbonyl (C=O) groups is 2. The molecule has 0 aromatic carbocycles. The summed E-state index contributed by atoms with van der Waals surface area (Å²) in [6.07, 6.45) is 14.6. The summed E-state index contributed by atoms with van der Waals surface area (Å²) >= 11 is 0. The molecule has 6 fully saturated rings. The lowest BCUT2D eigenvalue weighted by Crippen LogP contribution is -2.65. The van der Waals surface area contributed by atoms with Crippen molar-refractivity contribution in [3.63, 3.8) is 0 Å². The molecule has 6 unspecified atom stereocenters. The van der Waals surface area contributed by atoms with Crippen LogP contribution < -0.4 is 0 Å². The first-order valence-electron chi connectivity index (χ1n) is 16.8. The van der Waals surface area contributed by atoms with Gasteiger partial charge in [-0.25, -0.2) is 0 Å². The Balaban J connectivity index is 1.12. The predicted molar refractivity (Wildman–Crippen MR) is 155 cm³/mol. The van der Waals surface area contributed by atoms with Crippen LogP contribution in [0.4, 0.5) is 0 Å². The van der Waals surface area contributed by atoms with Crippen LogP contribution in [0.15, 0.2) is 11.6 Å². The van der Waals surface area contributed by atoms with Crippen LogP contribution in [-0.2, 0) is 14.3 Å². The normalized spacial score (nSPS) is 47.2. The van der Waals surface area contributed by atoms with Gasteiger partial charge in [0.05, 0.1) is 17.6 Å². The lowest BCUT2D eigenvalue weighted by molar-refractivity contribution is -0.197. The fourth-order valence-corrected chi connectivity index (χ4v) is 12.0. The third kappa shape index (κ3) is 3.57. The summed E-state index contributed by atoms with van der Waals surface area (Å²) < 4.78 is 7.05. The summed E-state index contributed by atoms with van der Waals surface area (Å²) in [4.78, 5) is 32.4. The van der Waals surface area contributed by atoms with E-state index in [1.54, 1.807) is 0 Å². The number of aliphatic carboxylic acids is 1. The Bertz CT molecular complexity index is 1040. The van der Waals surface area contributed by atoms with Crippen LogP contribution in [0, 0.1) is 51.8 Å². The molecule has 0 aromatic rings. The molecule has 222 valence electrons. The minimum atomic E-state index is -1.11. The van der Waals surface area contributed by atoms with Crippen LogP contribution >= 0.6 is 0 Å². The fourth-order valence-electron chi connectivity index (χ4n) is 12.0. The number of carboxylic acid groups (broad SMARTS) is 1. The van der Waals surface area contributed by atoms with Crippen molar-refractivity contribution in [3.8, 4) is 0 Å². The van der Waals surface area contributed by atoms with Crippen LogP contribution in [-0.4, -0.2) is 78.6 Å². The first kappa shape index (κ1) is 27.6. The number of aldehydes is 1. The number of fused-ring (bicyclic) bond motifs is 2. The Morgan fingerprint density at radius 3 is 2.42 bits per heavy atom. The van der Waals surface area contributed by atoms with Gasteiger partial charge in [0.1, 0.15) is 11.7 Å². The highest BCUT2D eigenvalue weighted by molar-refractivity contribution is 5.90. The Hall–Kier alpha value is -1.24. The fraction of sp³-hybridized carbons (Fsp3) is 0.882. The number of hydrogen-bond donors (Lipinski definition) is 1. The number of hydrogen-bond acceptors (Lipinski definition) is 5. The van der Waals surface area contributed by atoms with Gasteiger partial charge in [-0.3, -0.25) is 4.79 Å². The lowest BCUT2D eigenvalue weighted by atomic mass is 9.41. The van der Waals surface area contributed by atoms with Crippen LogP contribution in [0.3, 0.4) is 0 Å². The average Bonchev–Trinajstić information content (AvgIpc) is 3.75. The highest BCUT2D eigenvalue weighted by Crippen LogP contribution is 2.84. The first-order valence-corrected chi connectivity index (χ1v) is 16.8. The number of likely N-dealkylation sites (tertiary alicyclic amines) is 2. The zero-order valence-corrected chi connectivity index (χ0v) is 25.2. The van der Waals surface area contributed by atoms with Gasteiger partial charge in [0, 0.05) is 18.5 Å². The van der Waals surface area contributed by atoms with E-state index in [0.29, 0.717) is 18.3 Å². The summed E-state index contributed by atoms with van der Waals surface area (Å²) in [5, 5.41) is 11.3. The van der Waals surface area contributed by atoms with Crippen molar-refractivity contribution >= 4 is 12.3 Å². The molecule has 3 heterocycles. The summed E-state index contributed by atoms with van der Waals surface area (Å²) in [6, 6.07) is 0. The molecule has 9 atom stereocenters. The van der Waals surface area contributed by atoms with E-state index in [1.807, 2.05) is 0 Å². The molecule has 0 amide bonds. The van der Waals surface area contributed by atoms with Crippen molar-refractivity contribution in [3.05, 3.63) is 11.6 Å². The Morgan fingerprint density at radius 2 is 1.75 bits per heavy atom. The van der Waals surface area contributed by atoms with Crippen molar-refractivity contribution in [2.75, 3.05) is 39.3 Å². The molecule has 6 heteroatoms. The van der Waals surface area contributed by atoms with E-state index in [4.69, 9.17) is 4.74 Å². The number of piperidine rings is 1. The number of nitrogens with zero attached hydrogens (tertiary/aromatic N) is 2. The third-order valence-corrected chi connectivity index (χ3v) is 13.6. The number of allylic oxidation sites excluding steroid dienone is 1. The molecule has 4 aliphatic carbocycles. The van der Waals surface area contributed by atoms with Gasteiger partial charge in [-0.2, -0.15) is 0 Å². The molecule has 3 saturated carbocycles. The van der Waals surface area contributed by atoms with Crippen LogP contribution in [0.2, 0.25) is 0 Å². The summed E-state index contributed by atoms with van der Waals surface area (Å²) in [5.41, 5.74) is -1.35. The summed E-state index contributed by atoms with van der Waals surface area (Å²) in [6.45, 7) is 13.8. The van der Waals surface area contributed by atoms with Crippen LogP contribution in [0.1, 0.15) is 85.0 Å². The molecule has 3 aliphatic heterocycles. The molecule has 7 aliphatic rings. The standard InChI is InChI=1S/C34H52N2O4/c1-22(2)29-16-25-17-32(21-37)28-8-6-23(3)27(28)18-33(25,34(29,32)31(38)39)30-9-7-26(40-30)20-36-14-10-24(11-15-36)19-35-12-4-5-13-35/h16,21-28,30H,4-15,17-20H2,1-3H3,(H,38,39)/t23-,25?,26?,27-,28-,30?,32?,33?,34?/m1/s1. The maximum Gasteiger partial charge on any atom is 0.315 e. The second-order valence-electron chi connectivity index (χ2n) is 15.4. The summed E-state index contributed by atoms with van der Waals surface area (Å²) in [7, 11) is 0. The second-order valence-corrected chi connectivity index (χ2v) is 15.4. The Labute approximate surface area is 241 Å². The van der Waals surface area contributed by atoms with E-state index in [2.05, 4.69) is 36.6 Å². The minimum Gasteiger partial charge on any atom is -0.481 e. The lowest BCUT2D eigenvalue weighted by Gasteiger charge is -2.60. The van der Waals surface area contributed by atoms with Gasteiger partial charge >= 0.3 is 5.97 Å². The van der Waals surface area contributed by atoms with Crippen molar-refractivity contribution in [1.82, 2.24) is 9.80 Å². The summed E-state index contributed by atoms with van der Waals surface area (Å²) in [5.74, 6) is 1.51. The zero-order chi connectivity index (χ0) is 27.9. The molecule has 4 bridgehead atoms. The molecule has 1 N–H and O–H groups in total. The topological polar surface area (TPSA) is 70.1 Å². The number of carboxylic acids is 1. The monoisotopic (exact) mass is 552 g/mol. The molecule has 3 saturated heterocycles. The van der Waals surface area contributed by atoms with E-state index >= 15 is 0 Å². The second kappa shape index (κ2) is 9.91. The largest absolute Gasteiger partial charge is 0.481 e. The number of carbonyl (C=O) groups excluding carboxylic acids is 1. The maximum absolute atomic E-state index is 13.8. The van der Waals surface area contributed by atoms with Gasteiger partial charge < -0.3 is 24.4 Å². The average molecular weight is 553 g/mol. The van der Waals surface area contributed by atoms with E-state index < -0.39 is 22.2 Å². The van der Waals surface area contributed by atoms with Crippen LogP contribution in [0.25, 0.3) is 0 Å². The van der Waals surface area contributed by atoms with E-state index in [1.165, 1.54) is 45.3 Å². The van der Waals surface area contributed by atoms with Gasteiger partial charge in [0.15, 0.2) is 0 Å². The highest BCUT2D eigenvalue weighted by Gasteiger charge is 2.86. The van der Waals surface area contributed by atoms with Gasteiger partial charge in [0.2, 0.25) is 0 Å². The smallest absolute Gasteiger partial charge is 0.315 e. The number of ether oxygens (including phenoxy) is 1. The molecular formula is C34H52N2O4. The van der Waals surface area contributed by atoms with Gasteiger partial charge in [-0.05, 0) is 119 Å². The van der Waals surface area contributed by atoms with Gasteiger partial charge in [-0.1, -0.05) is 38.8 Å². The molecule has 7 rings (SSSR count). The van der Waals surface area contributed by atoms with Gasteiger partial charge in [0.25, 0.3) is 0 Å². The Morgan fingerprint density at radius 1 is 1.02 bits per heavy atom. The SMILES string of the molecule is CC(C)C1=CC2CC3(C=O)[C@@H]4CC[C@@H](C)[C@H]4CC2(C2CCC(CN4CCC(CN5CCCC5)CC4)O2)C13C(=O)O. The predicted octanol–water partition coefficient (Wildman–Crippen LogP) is 5.27. The molecular weight excluding hydrogens is 500 g/mol. The molecule has 0 aromatic heterocycles. The maximum atomic E-state index is 13.8. The van der Waals surface area contributed by atoms with E-state index in [-0.39, 0.29) is 30.0 Å². The Kier molecular flexibility index (Phi) is 6.83. The van der Waals surface area contributed by atoms with Crippen molar-refractivity contribution in [1.29, 1.82) is 0 Å². The van der Waals surface area contributed by atoms with Crippen molar-refractivity contribution in [2.24, 2.45) is 51.8 Å². The third-order valence-electron chi connectivity index (χ3n) is 13.6. The molecule has 0 radical (unpaired) electrons. The number of rotatable bonds is 8. The minimum absolute atomic E-state index is 0.0746. The van der Waals surface area contributed by atoms with Gasteiger partial charge in [-0.15, -0.1) is 0 Å². The molecule has 6 nitrogen and oxygen atoms in total. The van der Waals surface area contributed by atoms with E-state index in [9.17, 15) is 14.7 Å². The quantitative estimate of drug-likeness (QED) is 0.327. The van der Waals surface area contributed by atoms with Crippen LogP contribution in [0.5, 0.6) is 0 Å². The zero-order valence-electron chi connectivity index (χ0n) is 25.2. The molecule has 40 heavy (non-hydrogen) atoms. The van der Waals surface area contributed by atoms with Crippen molar-refractivity contribution < 1.29 is 19.4 Å². The van der Waals surface area contributed by atoms with Crippen molar-refractivity contribution in [2.45, 2.75) is 97.2 Å². The van der Waals surface area contributed by atoms with E-state index in [0.717, 1.165) is 69.5 Å². The highest BCUT2D eigenvalue weighted by atomic mass is 16.5. The first-order chi connectivity index (χ1) is 19.3. The molecule has 0 spiro atoms.